The van der Waals surface area contributed by atoms with E-state index < -0.39 is 5.97 Å². The van der Waals surface area contributed by atoms with Gasteiger partial charge in [0.1, 0.15) is 0 Å². The zero-order valence-corrected chi connectivity index (χ0v) is 10.5. The molecule has 0 spiro atoms. The van der Waals surface area contributed by atoms with Crippen LogP contribution in [0.1, 0.15) is 37.7 Å². The molecule has 1 aromatic carbocycles. The van der Waals surface area contributed by atoms with E-state index in [9.17, 15) is 4.79 Å². The molecule has 3 nitrogen and oxygen atoms in total. The number of rotatable bonds is 4. The monoisotopic (exact) mass is 253 g/mol. The summed E-state index contributed by atoms with van der Waals surface area (Å²) in [6.45, 7) is 2.13. The Morgan fingerprint density at radius 2 is 2.24 bits per heavy atom. The number of hydrogen-bond acceptors (Lipinski definition) is 2. The van der Waals surface area contributed by atoms with E-state index in [0.29, 0.717) is 10.7 Å². The van der Waals surface area contributed by atoms with Crippen molar-refractivity contribution >= 4 is 23.3 Å². The zero-order chi connectivity index (χ0) is 12.6. The summed E-state index contributed by atoms with van der Waals surface area (Å²) in [4.78, 5) is 11.0. The second-order valence-corrected chi connectivity index (χ2v) is 5.49. The molecule has 0 aliphatic heterocycles. The van der Waals surface area contributed by atoms with Crippen LogP contribution in [-0.2, 0) is 4.79 Å². The Labute approximate surface area is 106 Å². The molecule has 1 unspecified atom stereocenters. The van der Waals surface area contributed by atoms with Gasteiger partial charge in [-0.15, -0.1) is 0 Å². The van der Waals surface area contributed by atoms with E-state index in [-0.39, 0.29) is 17.8 Å². The van der Waals surface area contributed by atoms with Crippen LogP contribution < -0.4 is 5.73 Å². The lowest BCUT2D eigenvalue weighted by atomic mass is 9.82. The van der Waals surface area contributed by atoms with Gasteiger partial charge < -0.3 is 10.8 Å². The number of benzene rings is 1. The van der Waals surface area contributed by atoms with Gasteiger partial charge in [-0.2, -0.15) is 0 Å². The quantitative estimate of drug-likeness (QED) is 0.810. The van der Waals surface area contributed by atoms with Crippen LogP contribution in [0, 0.1) is 5.41 Å². The Morgan fingerprint density at radius 3 is 2.71 bits per heavy atom. The van der Waals surface area contributed by atoms with Crippen molar-refractivity contribution in [3.63, 3.8) is 0 Å². The Morgan fingerprint density at radius 1 is 1.59 bits per heavy atom. The van der Waals surface area contributed by atoms with Crippen LogP contribution in [0.4, 0.5) is 5.69 Å². The third kappa shape index (κ3) is 2.55. The molecule has 0 amide bonds. The van der Waals surface area contributed by atoms with E-state index >= 15 is 0 Å². The largest absolute Gasteiger partial charge is 0.481 e. The second-order valence-electron chi connectivity index (χ2n) is 5.09. The van der Waals surface area contributed by atoms with Crippen LogP contribution in [0.2, 0.25) is 5.02 Å². The molecule has 0 bridgehead atoms. The van der Waals surface area contributed by atoms with Crippen molar-refractivity contribution in [3.8, 4) is 0 Å². The van der Waals surface area contributed by atoms with Gasteiger partial charge in [-0.05, 0) is 41.9 Å². The van der Waals surface area contributed by atoms with Gasteiger partial charge in [0.15, 0.2) is 0 Å². The van der Waals surface area contributed by atoms with Crippen molar-refractivity contribution in [1.82, 2.24) is 0 Å². The third-order valence-corrected chi connectivity index (χ3v) is 4.03. The summed E-state index contributed by atoms with van der Waals surface area (Å²) in [6.07, 6.45) is 2.30. The number of nitrogen functional groups attached to an aromatic ring is 1. The van der Waals surface area contributed by atoms with Crippen molar-refractivity contribution in [3.05, 3.63) is 28.8 Å². The van der Waals surface area contributed by atoms with E-state index in [1.54, 1.807) is 12.1 Å². The molecule has 92 valence electrons. The maximum absolute atomic E-state index is 11.0. The van der Waals surface area contributed by atoms with E-state index in [1.807, 2.05) is 6.07 Å². The molecule has 4 heteroatoms. The Kier molecular flexibility index (Phi) is 3.04. The molecule has 1 atom stereocenters. The molecule has 0 radical (unpaired) electrons. The summed E-state index contributed by atoms with van der Waals surface area (Å²) >= 11 is 5.88. The highest BCUT2D eigenvalue weighted by Crippen LogP contribution is 2.57. The van der Waals surface area contributed by atoms with Crippen LogP contribution in [0.5, 0.6) is 0 Å². The van der Waals surface area contributed by atoms with Crippen molar-refractivity contribution in [2.24, 2.45) is 5.41 Å². The first-order valence-electron chi connectivity index (χ1n) is 5.69. The average Bonchev–Trinajstić information content (AvgIpc) is 2.98. The first-order chi connectivity index (χ1) is 7.92. The van der Waals surface area contributed by atoms with Crippen molar-refractivity contribution < 1.29 is 9.90 Å². The zero-order valence-electron chi connectivity index (χ0n) is 9.74. The predicted molar refractivity (Wildman–Crippen MR) is 68.2 cm³/mol. The smallest absolute Gasteiger partial charge is 0.303 e. The van der Waals surface area contributed by atoms with Crippen LogP contribution in [-0.4, -0.2) is 11.1 Å². The van der Waals surface area contributed by atoms with Crippen LogP contribution in [0.15, 0.2) is 18.2 Å². The van der Waals surface area contributed by atoms with Gasteiger partial charge in [0.05, 0.1) is 17.1 Å². The Bertz CT molecular complexity index is 455. The van der Waals surface area contributed by atoms with Gasteiger partial charge in [-0.3, -0.25) is 4.79 Å². The first kappa shape index (κ1) is 12.2. The van der Waals surface area contributed by atoms with E-state index in [2.05, 4.69) is 6.92 Å². The van der Waals surface area contributed by atoms with E-state index in [1.165, 1.54) is 0 Å². The summed E-state index contributed by atoms with van der Waals surface area (Å²) in [5.41, 5.74) is 7.38. The minimum atomic E-state index is -0.767. The summed E-state index contributed by atoms with van der Waals surface area (Å²) in [6, 6.07) is 5.43. The predicted octanol–water partition coefficient (Wildman–Crippen LogP) is 3.28. The Hall–Kier alpha value is -1.22. The number of carbonyl (C=O) groups is 1. The molecular formula is C13H16ClNO2. The lowest BCUT2D eigenvalue weighted by molar-refractivity contribution is -0.137. The van der Waals surface area contributed by atoms with Gasteiger partial charge in [0.25, 0.3) is 0 Å². The average molecular weight is 254 g/mol. The maximum atomic E-state index is 11.0. The summed E-state index contributed by atoms with van der Waals surface area (Å²) in [5, 5.41) is 9.52. The molecule has 0 heterocycles. The van der Waals surface area contributed by atoms with Gasteiger partial charge >= 0.3 is 5.97 Å². The van der Waals surface area contributed by atoms with E-state index in [4.69, 9.17) is 22.4 Å². The number of carboxylic acid groups (broad SMARTS) is 1. The first-order valence-corrected chi connectivity index (χ1v) is 6.07. The lowest BCUT2D eigenvalue weighted by Crippen LogP contribution is -2.15. The normalized spacial score (nSPS) is 18.7. The molecular weight excluding hydrogens is 238 g/mol. The molecule has 1 saturated carbocycles. The highest BCUT2D eigenvalue weighted by Gasteiger charge is 2.46. The van der Waals surface area contributed by atoms with Gasteiger partial charge in [-0.25, -0.2) is 0 Å². The number of hydrogen-bond donors (Lipinski definition) is 2. The highest BCUT2D eigenvalue weighted by atomic mass is 35.5. The van der Waals surface area contributed by atoms with Crippen LogP contribution >= 0.6 is 11.6 Å². The molecule has 0 aromatic heterocycles. The molecule has 1 fully saturated rings. The molecule has 1 aliphatic carbocycles. The molecule has 17 heavy (non-hydrogen) atoms. The third-order valence-electron chi connectivity index (χ3n) is 3.68. The topological polar surface area (TPSA) is 63.3 Å². The number of nitrogens with two attached hydrogens (primary N) is 1. The molecule has 1 aromatic rings. The number of anilines is 1. The van der Waals surface area contributed by atoms with Crippen molar-refractivity contribution in [1.29, 1.82) is 0 Å². The molecule has 2 rings (SSSR count). The van der Waals surface area contributed by atoms with Gasteiger partial charge in [0.2, 0.25) is 0 Å². The molecule has 0 saturated heterocycles. The van der Waals surface area contributed by atoms with Crippen molar-refractivity contribution in [2.45, 2.75) is 32.1 Å². The number of aliphatic carboxylic acids is 1. The fourth-order valence-corrected chi connectivity index (χ4v) is 2.38. The molecule has 1 aliphatic rings. The van der Waals surface area contributed by atoms with E-state index in [0.717, 1.165) is 18.4 Å². The number of carboxylic acids is 1. The summed E-state index contributed by atoms with van der Waals surface area (Å²) in [5.74, 6) is -0.740. The SMILES string of the molecule is CC1(C(CC(=O)O)c2ccc(Cl)c(N)c2)CC1. The minimum Gasteiger partial charge on any atom is -0.481 e. The molecule has 3 N–H and O–H groups in total. The highest BCUT2D eigenvalue weighted by molar-refractivity contribution is 6.33. The van der Waals surface area contributed by atoms with Crippen LogP contribution in [0.3, 0.4) is 0 Å². The van der Waals surface area contributed by atoms with Gasteiger partial charge in [-0.1, -0.05) is 24.6 Å². The van der Waals surface area contributed by atoms with Crippen LogP contribution in [0.25, 0.3) is 0 Å². The second kappa shape index (κ2) is 4.22. The summed E-state index contributed by atoms with van der Waals surface area (Å²) in [7, 11) is 0. The minimum absolute atomic E-state index is 0.0274. The summed E-state index contributed by atoms with van der Waals surface area (Å²) < 4.78 is 0. The standard InChI is InChI=1S/C13H16ClNO2/c1-13(4-5-13)9(7-12(16)17)8-2-3-10(14)11(15)6-8/h2-3,6,9H,4-5,7,15H2,1H3,(H,16,17). The fourth-order valence-electron chi connectivity index (χ4n) is 2.27. The van der Waals surface area contributed by atoms with Crippen molar-refractivity contribution in [2.75, 3.05) is 5.73 Å². The lowest BCUT2D eigenvalue weighted by Gasteiger charge is -2.22. The van der Waals surface area contributed by atoms with Gasteiger partial charge in [0, 0.05) is 0 Å². The Balaban J connectivity index is 2.31. The number of halogens is 1. The maximum Gasteiger partial charge on any atom is 0.303 e. The fraction of sp³-hybridized carbons (Fsp3) is 0.462.